The van der Waals surface area contributed by atoms with Gasteiger partial charge in [-0.2, -0.15) is 11.8 Å². The van der Waals surface area contributed by atoms with Gasteiger partial charge in [0.25, 0.3) is 0 Å². The van der Waals surface area contributed by atoms with E-state index in [1.807, 2.05) is 30.1 Å². The van der Waals surface area contributed by atoms with E-state index in [2.05, 4.69) is 11.1 Å². The molecule has 0 saturated heterocycles. The summed E-state index contributed by atoms with van der Waals surface area (Å²) in [6, 6.07) is 6.91. The summed E-state index contributed by atoms with van der Waals surface area (Å²) in [7, 11) is 2.61. The van der Waals surface area contributed by atoms with Crippen LogP contribution in [0.2, 0.25) is 6.04 Å². The molecule has 0 aromatic carbocycles. The van der Waals surface area contributed by atoms with Crippen LogP contribution in [0.3, 0.4) is 0 Å². The second-order valence-electron chi connectivity index (χ2n) is 4.08. The molecule has 0 N–H and O–H groups in total. The van der Waals surface area contributed by atoms with Crippen molar-refractivity contribution in [2.75, 3.05) is 32.8 Å². The number of aromatic nitrogens is 1. The van der Waals surface area contributed by atoms with Gasteiger partial charge in [-0.1, -0.05) is 6.07 Å². The average Bonchev–Trinajstić information content (AvgIpc) is 2.48. The summed E-state index contributed by atoms with van der Waals surface area (Å²) in [5, 5.41) is 0. The highest BCUT2D eigenvalue weighted by Crippen LogP contribution is 2.17. The first-order valence-corrected chi connectivity index (χ1v) is 9.48. The summed E-state index contributed by atoms with van der Waals surface area (Å²) >= 11 is 1.94. The highest BCUT2D eigenvalue weighted by atomic mass is 32.2. The standard InChI is InChI=1S/C13H23NO3SSi/c1-15-19(16-2,17-3)12-6-10-18-11-8-13-7-4-5-9-14-13/h4-5,7,9H,6,8,10-12H2,1-3H3. The Kier molecular flexibility index (Phi) is 8.32. The number of hydrogen-bond donors (Lipinski definition) is 0. The van der Waals surface area contributed by atoms with E-state index < -0.39 is 8.80 Å². The summed E-state index contributed by atoms with van der Waals surface area (Å²) in [5.41, 5.74) is 1.16. The lowest BCUT2D eigenvalue weighted by Gasteiger charge is -2.24. The number of thioether (sulfide) groups is 1. The van der Waals surface area contributed by atoms with Gasteiger partial charge in [0, 0.05) is 39.3 Å². The molecule has 1 rings (SSSR count). The summed E-state index contributed by atoms with van der Waals surface area (Å²) in [4.78, 5) is 4.31. The fourth-order valence-electron chi connectivity index (χ4n) is 1.77. The zero-order valence-corrected chi connectivity index (χ0v) is 13.7. The third-order valence-electron chi connectivity index (χ3n) is 2.93. The van der Waals surface area contributed by atoms with Crippen LogP contribution in [0.1, 0.15) is 12.1 Å². The monoisotopic (exact) mass is 301 g/mol. The average molecular weight is 301 g/mol. The van der Waals surface area contributed by atoms with Gasteiger partial charge in [-0.3, -0.25) is 4.98 Å². The van der Waals surface area contributed by atoms with Gasteiger partial charge in [0.15, 0.2) is 0 Å². The molecule has 0 radical (unpaired) electrons. The van der Waals surface area contributed by atoms with E-state index in [9.17, 15) is 0 Å². The van der Waals surface area contributed by atoms with Gasteiger partial charge in [-0.25, -0.2) is 0 Å². The first kappa shape index (κ1) is 16.7. The minimum atomic E-state index is -2.37. The Hall–Kier alpha value is -0.403. The summed E-state index contributed by atoms with van der Waals surface area (Å²) in [6.45, 7) is 0. The van der Waals surface area contributed by atoms with E-state index in [1.165, 1.54) is 0 Å². The minimum absolute atomic E-state index is 0.868. The van der Waals surface area contributed by atoms with Crippen LogP contribution < -0.4 is 0 Å². The lowest BCUT2D eigenvalue weighted by Crippen LogP contribution is -2.42. The normalized spacial score (nSPS) is 11.7. The molecule has 0 spiro atoms. The van der Waals surface area contributed by atoms with Crippen LogP contribution in [0, 0.1) is 0 Å². The van der Waals surface area contributed by atoms with Gasteiger partial charge in [0.05, 0.1) is 0 Å². The zero-order valence-electron chi connectivity index (χ0n) is 11.9. The Morgan fingerprint density at radius 3 is 2.42 bits per heavy atom. The Bertz CT molecular complexity index is 328. The Labute approximate surface area is 121 Å². The molecule has 1 heterocycles. The molecule has 0 saturated carbocycles. The molecule has 0 unspecified atom stereocenters. The fraction of sp³-hybridized carbons (Fsp3) is 0.615. The van der Waals surface area contributed by atoms with Crippen molar-refractivity contribution in [2.24, 2.45) is 0 Å². The first-order chi connectivity index (χ1) is 9.26. The third kappa shape index (κ3) is 6.05. The second-order valence-corrected chi connectivity index (χ2v) is 8.40. The van der Waals surface area contributed by atoms with E-state index in [1.54, 1.807) is 21.3 Å². The maximum Gasteiger partial charge on any atom is 0.500 e. The summed E-state index contributed by atoms with van der Waals surface area (Å²) in [6.07, 6.45) is 3.91. The minimum Gasteiger partial charge on any atom is -0.377 e. The van der Waals surface area contributed by atoms with Crippen LogP contribution in [0.15, 0.2) is 24.4 Å². The van der Waals surface area contributed by atoms with Crippen LogP contribution >= 0.6 is 11.8 Å². The summed E-state index contributed by atoms with van der Waals surface area (Å²) in [5.74, 6) is 2.19. The topological polar surface area (TPSA) is 40.6 Å². The molecule has 1 aromatic rings. The molecular formula is C13H23NO3SSi. The first-order valence-electron chi connectivity index (χ1n) is 6.39. The van der Waals surface area contributed by atoms with Crippen molar-refractivity contribution in [1.29, 1.82) is 0 Å². The number of nitrogens with zero attached hydrogens (tertiary/aromatic N) is 1. The van der Waals surface area contributed by atoms with Crippen LogP contribution in [-0.4, -0.2) is 46.6 Å². The maximum absolute atomic E-state index is 5.39. The van der Waals surface area contributed by atoms with Gasteiger partial charge in [0.1, 0.15) is 0 Å². The van der Waals surface area contributed by atoms with Crippen LogP contribution in [0.5, 0.6) is 0 Å². The van der Waals surface area contributed by atoms with Gasteiger partial charge in [0.2, 0.25) is 0 Å². The van der Waals surface area contributed by atoms with E-state index in [0.717, 1.165) is 36.1 Å². The molecule has 4 nitrogen and oxygen atoms in total. The number of rotatable bonds is 10. The highest BCUT2D eigenvalue weighted by Gasteiger charge is 2.36. The molecule has 0 atom stereocenters. The predicted octanol–water partition coefficient (Wildman–Crippen LogP) is 2.63. The van der Waals surface area contributed by atoms with Gasteiger partial charge < -0.3 is 13.3 Å². The molecule has 0 amide bonds. The maximum atomic E-state index is 5.39. The van der Waals surface area contributed by atoms with Crippen molar-refractivity contribution in [3.63, 3.8) is 0 Å². The molecule has 0 aliphatic carbocycles. The van der Waals surface area contributed by atoms with Gasteiger partial charge >= 0.3 is 8.80 Å². The van der Waals surface area contributed by atoms with Gasteiger partial charge in [-0.15, -0.1) is 0 Å². The summed E-state index contributed by atoms with van der Waals surface area (Å²) < 4.78 is 16.2. The smallest absolute Gasteiger partial charge is 0.377 e. The van der Waals surface area contributed by atoms with Crippen molar-refractivity contribution in [2.45, 2.75) is 18.9 Å². The largest absolute Gasteiger partial charge is 0.500 e. The van der Waals surface area contributed by atoms with Crippen molar-refractivity contribution in [1.82, 2.24) is 4.98 Å². The lowest BCUT2D eigenvalue weighted by atomic mass is 10.3. The molecule has 0 fully saturated rings. The lowest BCUT2D eigenvalue weighted by molar-refractivity contribution is 0.123. The van der Waals surface area contributed by atoms with Gasteiger partial charge in [-0.05, 0) is 36.5 Å². The zero-order chi connectivity index (χ0) is 14.0. The molecule has 6 heteroatoms. The number of aryl methyl sites for hydroxylation is 1. The quantitative estimate of drug-likeness (QED) is 0.491. The van der Waals surface area contributed by atoms with E-state index in [-0.39, 0.29) is 0 Å². The Morgan fingerprint density at radius 2 is 1.84 bits per heavy atom. The Morgan fingerprint density at radius 1 is 1.11 bits per heavy atom. The Balaban J connectivity index is 2.11. The van der Waals surface area contributed by atoms with Crippen molar-refractivity contribution in [3.05, 3.63) is 30.1 Å². The van der Waals surface area contributed by atoms with E-state index in [0.29, 0.717) is 0 Å². The van der Waals surface area contributed by atoms with Crippen LogP contribution in [0.25, 0.3) is 0 Å². The third-order valence-corrected chi connectivity index (χ3v) is 6.84. The molecule has 1 aromatic heterocycles. The van der Waals surface area contributed by atoms with Crippen molar-refractivity contribution in [3.8, 4) is 0 Å². The fourth-order valence-corrected chi connectivity index (χ4v) is 4.66. The molecule has 19 heavy (non-hydrogen) atoms. The molecule has 0 aliphatic rings. The predicted molar refractivity (Wildman–Crippen MR) is 81.5 cm³/mol. The van der Waals surface area contributed by atoms with Crippen molar-refractivity contribution >= 4 is 20.6 Å². The highest BCUT2D eigenvalue weighted by molar-refractivity contribution is 7.99. The van der Waals surface area contributed by atoms with Crippen LogP contribution in [0.4, 0.5) is 0 Å². The van der Waals surface area contributed by atoms with Crippen LogP contribution in [-0.2, 0) is 19.7 Å². The van der Waals surface area contributed by atoms with Crippen molar-refractivity contribution < 1.29 is 13.3 Å². The molecular weight excluding hydrogens is 278 g/mol. The number of hydrogen-bond acceptors (Lipinski definition) is 5. The van der Waals surface area contributed by atoms with E-state index in [4.69, 9.17) is 13.3 Å². The molecule has 0 aliphatic heterocycles. The van der Waals surface area contributed by atoms with E-state index >= 15 is 0 Å². The SMILES string of the molecule is CO[Si](CCCSCCc1ccccn1)(OC)OC. The second kappa shape index (κ2) is 9.49. The molecule has 0 bridgehead atoms. The molecule has 108 valence electrons. The number of pyridine rings is 1.